The van der Waals surface area contributed by atoms with Crippen LogP contribution in [0.2, 0.25) is 0 Å². The van der Waals surface area contributed by atoms with Gasteiger partial charge in [-0.2, -0.15) is 5.26 Å². The SMILES string of the molecule is N#CC1CCc2cc(Br)ccc21.O=C1CCc2cc(Br)ccc21.[C-]#[N+]CS(=O)(=O)c1ccc(C)cc1. The Morgan fingerprint density at radius 3 is 2.25 bits per heavy atom. The van der Waals surface area contributed by atoms with E-state index in [1.165, 1.54) is 28.8 Å². The molecule has 0 aromatic heterocycles. The minimum absolute atomic E-state index is 0.132. The summed E-state index contributed by atoms with van der Waals surface area (Å²) in [6, 6.07) is 20.8. The van der Waals surface area contributed by atoms with Crippen molar-refractivity contribution in [1.29, 1.82) is 5.26 Å². The Kier molecular flexibility index (Phi) is 9.62. The molecule has 0 saturated carbocycles. The highest BCUT2D eigenvalue weighted by Gasteiger charge is 2.21. The van der Waals surface area contributed by atoms with Gasteiger partial charge in [0.25, 0.3) is 9.84 Å². The van der Waals surface area contributed by atoms with Gasteiger partial charge in [-0.3, -0.25) is 9.64 Å². The van der Waals surface area contributed by atoms with Crippen LogP contribution in [-0.4, -0.2) is 20.1 Å². The van der Waals surface area contributed by atoms with E-state index in [4.69, 9.17) is 11.8 Å². The largest absolute Gasteiger partial charge is 0.316 e. The number of ketones is 1. The molecule has 5 rings (SSSR count). The summed E-state index contributed by atoms with van der Waals surface area (Å²) >= 11 is 6.80. The van der Waals surface area contributed by atoms with Crippen molar-refractivity contribution in [1.82, 2.24) is 0 Å². The van der Waals surface area contributed by atoms with Crippen LogP contribution >= 0.6 is 31.9 Å². The van der Waals surface area contributed by atoms with Crippen LogP contribution in [0.1, 0.15) is 51.4 Å². The topological polar surface area (TPSA) is 79.4 Å². The number of benzene rings is 3. The first-order valence-electron chi connectivity index (χ1n) is 11.3. The van der Waals surface area contributed by atoms with Crippen LogP contribution < -0.4 is 0 Å². The first-order chi connectivity index (χ1) is 17.1. The van der Waals surface area contributed by atoms with Crippen LogP contribution in [0.3, 0.4) is 0 Å². The zero-order valence-electron chi connectivity index (χ0n) is 19.7. The molecular weight excluding hydrogens is 604 g/mol. The van der Waals surface area contributed by atoms with Crippen LogP contribution in [-0.2, 0) is 22.7 Å². The first-order valence-corrected chi connectivity index (χ1v) is 14.5. The number of carbonyl (C=O) groups excluding carboxylic acids is 1. The van der Waals surface area contributed by atoms with E-state index < -0.39 is 15.7 Å². The Morgan fingerprint density at radius 1 is 0.972 bits per heavy atom. The average molecular weight is 628 g/mol. The predicted molar refractivity (Wildman–Crippen MR) is 147 cm³/mol. The van der Waals surface area contributed by atoms with Gasteiger partial charge in [-0.25, -0.2) is 15.0 Å². The number of aryl methyl sites for hydroxylation is 3. The number of carbonyl (C=O) groups is 1. The molecule has 0 amide bonds. The summed E-state index contributed by atoms with van der Waals surface area (Å²) in [7, 11) is -3.38. The molecular formula is C28H24Br2N2O3S. The molecule has 0 aliphatic heterocycles. The van der Waals surface area contributed by atoms with Crippen LogP contribution in [0.15, 0.2) is 74.5 Å². The first kappa shape index (κ1) is 27.8. The fourth-order valence-corrected chi connectivity index (χ4v) is 5.74. The summed E-state index contributed by atoms with van der Waals surface area (Å²) in [6.07, 6.45) is 3.63. The van der Waals surface area contributed by atoms with Gasteiger partial charge in [0.2, 0.25) is 0 Å². The van der Waals surface area contributed by atoms with Gasteiger partial charge in [0.1, 0.15) is 0 Å². The fourth-order valence-electron chi connectivity index (χ4n) is 4.05. The summed E-state index contributed by atoms with van der Waals surface area (Å²) in [6.45, 7) is 8.38. The molecule has 0 heterocycles. The summed E-state index contributed by atoms with van der Waals surface area (Å²) in [4.78, 5) is 14.2. The molecule has 0 N–H and O–H groups in total. The normalized spacial score (nSPS) is 15.2. The molecule has 0 saturated heterocycles. The second kappa shape index (κ2) is 12.5. The van der Waals surface area contributed by atoms with Gasteiger partial charge >= 0.3 is 5.88 Å². The highest BCUT2D eigenvalue weighted by molar-refractivity contribution is 9.10. The van der Waals surface area contributed by atoms with Crippen molar-refractivity contribution in [3.63, 3.8) is 0 Å². The number of nitriles is 1. The van der Waals surface area contributed by atoms with E-state index in [2.05, 4.69) is 54.9 Å². The molecule has 1 unspecified atom stereocenters. The lowest BCUT2D eigenvalue weighted by Gasteiger charge is -2.01. The second-order valence-corrected chi connectivity index (χ2v) is 12.3. The van der Waals surface area contributed by atoms with Crippen molar-refractivity contribution in [2.45, 2.75) is 43.4 Å². The van der Waals surface area contributed by atoms with Crippen molar-refractivity contribution in [3.8, 4) is 6.07 Å². The number of sulfone groups is 1. The molecule has 3 aromatic carbocycles. The predicted octanol–water partition coefficient (Wildman–Crippen LogP) is 7.23. The molecule has 0 spiro atoms. The highest BCUT2D eigenvalue weighted by Crippen LogP contribution is 2.33. The third-order valence-corrected chi connectivity index (χ3v) is 8.39. The lowest BCUT2D eigenvalue weighted by molar-refractivity contribution is 0.0994. The van der Waals surface area contributed by atoms with E-state index in [-0.39, 0.29) is 16.6 Å². The number of hydrogen-bond donors (Lipinski definition) is 0. The van der Waals surface area contributed by atoms with Crippen LogP contribution in [0.5, 0.6) is 0 Å². The third kappa shape index (κ3) is 7.13. The number of halogens is 2. The molecule has 0 fully saturated rings. The quantitative estimate of drug-likeness (QED) is 0.281. The molecule has 8 heteroatoms. The van der Waals surface area contributed by atoms with E-state index in [1.807, 2.05) is 31.2 Å². The number of nitrogens with zero attached hydrogens (tertiary/aromatic N) is 2. The maximum absolute atomic E-state index is 11.3. The number of rotatable bonds is 2. The molecule has 1 atom stereocenters. The molecule has 36 heavy (non-hydrogen) atoms. The molecule has 5 nitrogen and oxygen atoms in total. The molecule has 0 radical (unpaired) electrons. The summed E-state index contributed by atoms with van der Waals surface area (Å²) in [5.41, 5.74) is 5.65. The number of Topliss-reactive ketones (excluding diaryl/α,β-unsaturated/α-hetero) is 1. The number of fused-ring (bicyclic) bond motifs is 2. The smallest absolute Gasteiger partial charge is 0.299 e. The van der Waals surface area contributed by atoms with Crippen molar-refractivity contribution in [3.05, 3.63) is 109 Å². The Balaban J connectivity index is 0.000000151. The van der Waals surface area contributed by atoms with Gasteiger partial charge < -0.3 is 0 Å². The Hall–Kier alpha value is -2.78. The molecule has 2 aliphatic carbocycles. The molecule has 0 bridgehead atoms. The van der Waals surface area contributed by atoms with Crippen molar-refractivity contribution < 1.29 is 13.2 Å². The Morgan fingerprint density at radius 2 is 1.61 bits per heavy atom. The van der Waals surface area contributed by atoms with Crippen LogP contribution in [0.4, 0.5) is 0 Å². The maximum Gasteiger partial charge on any atom is 0.316 e. The molecule has 3 aromatic rings. The summed E-state index contributed by atoms with van der Waals surface area (Å²) < 4.78 is 24.8. The van der Waals surface area contributed by atoms with Gasteiger partial charge in [0.15, 0.2) is 5.78 Å². The van der Waals surface area contributed by atoms with E-state index >= 15 is 0 Å². The minimum atomic E-state index is -3.38. The zero-order valence-corrected chi connectivity index (χ0v) is 23.7. The minimum Gasteiger partial charge on any atom is -0.299 e. The third-order valence-electron chi connectivity index (χ3n) is 5.94. The van der Waals surface area contributed by atoms with Gasteiger partial charge in [0, 0.05) is 20.9 Å². The lowest BCUT2D eigenvalue weighted by atomic mass is 10.0. The van der Waals surface area contributed by atoms with Crippen molar-refractivity contribution >= 4 is 47.5 Å². The van der Waals surface area contributed by atoms with E-state index in [1.54, 1.807) is 12.1 Å². The number of hydrogen-bond acceptors (Lipinski definition) is 4. The monoisotopic (exact) mass is 626 g/mol. The van der Waals surface area contributed by atoms with E-state index in [0.29, 0.717) is 6.42 Å². The standard InChI is InChI=1S/C10H8BrN.C9H7BrO.C9H9NO2S/c11-9-3-4-10-7(5-9)1-2-8(10)6-12;10-7-2-3-8-6(5-7)1-4-9(8)11;1-8-3-5-9(6-4-8)13(11,12)7-10-2/h3-5,8H,1-2H2;2-3,5H,1,4H2;3-6H,7H2,1H3. The van der Waals surface area contributed by atoms with Crippen molar-refractivity contribution in [2.24, 2.45) is 0 Å². The lowest BCUT2D eigenvalue weighted by Crippen LogP contribution is -2.02. The average Bonchev–Trinajstić information content (AvgIpc) is 3.42. The van der Waals surface area contributed by atoms with Gasteiger partial charge in [0.05, 0.1) is 16.9 Å². The summed E-state index contributed by atoms with van der Waals surface area (Å²) in [5.74, 6) is -0.0589. The fraction of sp³-hybridized carbons (Fsp3) is 0.250. The molecule has 184 valence electrons. The van der Waals surface area contributed by atoms with Crippen LogP contribution in [0.25, 0.3) is 4.85 Å². The second-order valence-electron chi connectivity index (χ2n) is 8.50. The van der Waals surface area contributed by atoms with Crippen molar-refractivity contribution in [2.75, 3.05) is 5.88 Å². The Bertz CT molecular complexity index is 1450. The van der Waals surface area contributed by atoms with E-state index in [0.717, 1.165) is 39.3 Å². The van der Waals surface area contributed by atoms with Gasteiger partial charge in [-0.1, -0.05) is 61.7 Å². The highest BCUT2D eigenvalue weighted by atomic mass is 79.9. The van der Waals surface area contributed by atoms with E-state index in [9.17, 15) is 13.2 Å². The van der Waals surface area contributed by atoms with Gasteiger partial charge in [-0.15, -0.1) is 0 Å². The maximum atomic E-state index is 11.3. The molecule has 2 aliphatic rings. The zero-order chi connectivity index (χ0) is 26.3. The van der Waals surface area contributed by atoms with Gasteiger partial charge in [-0.05, 0) is 79.3 Å². The Labute approximate surface area is 229 Å². The van der Waals surface area contributed by atoms with Crippen LogP contribution in [0, 0.1) is 24.8 Å². The summed E-state index contributed by atoms with van der Waals surface area (Å²) in [5, 5.41) is 8.82.